The first-order valence-electron chi connectivity index (χ1n) is 9.47. The molecule has 162 valence electrons. The van der Waals surface area contributed by atoms with Crippen LogP contribution in [0, 0.1) is 0 Å². The molecule has 1 aromatic carbocycles. The predicted molar refractivity (Wildman–Crippen MR) is 106 cm³/mol. The SMILES string of the molecule is COc1ccc(-c2cc(C(F)(F)F)nc(SCCC(=O)NCC3CCCO3)n2)cc1. The molecule has 30 heavy (non-hydrogen) atoms. The fraction of sp³-hybridized carbons (Fsp3) is 0.450. The van der Waals surface area contributed by atoms with Crippen molar-refractivity contribution in [2.24, 2.45) is 0 Å². The van der Waals surface area contributed by atoms with Crippen molar-refractivity contribution in [3.63, 3.8) is 0 Å². The molecule has 0 radical (unpaired) electrons. The molecule has 1 aromatic heterocycles. The fourth-order valence-electron chi connectivity index (χ4n) is 2.90. The van der Waals surface area contributed by atoms with E-state index in [9.17, 15) is 18.0 Å². The highest BCUT2D eigenvalue weighted by Crippen LogP contribution is 2.32. The standard InChI is InChI=1S/C20H22F3N3O3S/c1-28-14-6-4-13(5-7-14)16-11-17(20(21,22)23)26-19(25-16)30-10-8-18(27)24-12-15-3-2-9-29-15/h4-7,11,15H,2-3,8-10,12H2,1H3,(H,24,27). The first-order valence-corrected chi connectivity index (χ1v) is 10.5. The molecule has 2 heterocycles. The Kier molecular flexibility index (Phi) is 7.54. The number of halogens is 3. The topological polar surface area (TPSA) is 73.3 Å². The monoisotopic (exact) mass is 441 g/mol. The number of rotatable bonds is 8. The summed E-state index contributed by atoms with van der Waals surface area (Å²) >= 11 is 1.01. The molecule has 1 aliphatic rings. The van der Waals surface area contributed by atoms with E-state index in [4.69, 9.17) is 9.47 Å². The first-order chi connectivity index (χ1) is 14.3. The molecule has 1 aliphatic heterocycles. The molecule has 0 saturated carbocycles. The molecule has 10 heteroatoms. The van der Waals surface area contributed by atoms with Crippen LogP contribution in [0.25, 0.3) is 11.3 Å². The highest BCUT2D eigenvalue weighted by atomic mass is 32.2. The third kappa shape index (κ3) is 6.33. The number of methoxy groups -OCH3 is 1. The molecule has 6 nitrogen and oxygen atoms in total. The number of nitrogens with one attached hydrogen (secondary N) is 1. The molecule has 0 aliphatic carbocycles. The van der Waals surface area contributed by atoms with Crippen LogP contribution in [0.1, 0.15) is 25.0 Å². The van der Waals surface area contributed by atoms with E-state index in [2.05, 4.69) is 15.3 Å². The van der Waals surface area contributed by atoms with Crippen LogP contribution in [0.4, 0.5) is 13.2 Å². The van der Waals surface area contributed by atoms with Crippen LogP contribution >= 0.6 is 11.8 Å². The van der Waals surface area contributed by atoms with Crippen molar-refractivity contribution in [2.45, 2.75) is 36.7 Å². The van der Waals surface area contributed by atoms with E-state index in [1.807, 2.05) is 0 Å². The second kappa shape index (κ2) is 10.1. The van der Waals surface area contributed by atoms with Crippen LogP contribution in [0.15, 0.2) is 35.5 Å². The lowest BCUT2D eigenvalue weighted by atomic mass is 10.1. The number of carbonyl (C=O) groups is 1. The molecule has 0 spiro atoms. The molecule has 1 unspecified atom stereocenters. The van der Waals surface area contributed by atoms with Crippen LogP contribution in [0.2, 0.25) is 0 Å². The van der Waals surface area contributed by atoms with Gasteiger partial charge in [0.15, 0.2) is 5.16 Å². The molecule has 1 fully saturated rings. The molecule has 2 aromatic rings. The number of alkyl halides is 3. The Hall–Kier alpha value is -2.33. The summed E-state index contributed by atoms with van der Waals surface area (Å²) in [4.78, 5) is 19.8. The Morgan fingerprint density at radius 2 is 2.07 bits per heavy atom. The van der Waals surface area contributed by atoms with Crippen LogP contribution in [-0.2, 0) is 15.7 Å². The summed E-state index contributed by atoms with van der Waals surface area (Å²) in [6.45, 7) is 1.16. The third-order valence-corrected chi connectivity index (χ3v) is 5.34. The molecular weight excluding hydrogens is 419 g/mol. The van der Waals surface area contributed by atoms with Gasteiger partial charge < -0.3 is 14.8 Å². The number of nitrogens with zero attached hydrogens (tertiary/aromatic N) is 2. The maximum Gasteiger partial charge on any atom is 0.433 e. The maximum atomic E-state index is 13.3. The first kappa shape index (κ1) is 22.4. The van der Waals surface area contributed by atoms with Crippen molar-refractivity contribution in [1.82, 2.24) is 15.3 Å². The Morgan fingerprint density at radius 1 is 1.30 bits per heavy atom. The van der Waals surface area contributed by atoms with Gasteiger partial charge in [0.05, 0.1) is 18.9 Å². The summed E-state index contributed by atoms with van der Waals surface area (Å²) in [7, 11) is 1.51. The number of thioether (sulfide) groups is 1. The van der Waals surface area contributed by atoms with Gasteiger partial charge in [-0.3, -0.25) is 4.79 Å². The quantitative estimate of drug-likeness (QED) is 0.494. The van der Waals surface area contributed by atoms with Crippen molar-refractivity contribution in [3.05, 3.63) is 36.0 Å². The van der Waals surface area contributed by atoms with Crippen LogP contribution in [0.5, 0.6) is 5.75 Å². The van der Waals surface area contributed by atoms with E-state index in [1.54, 1.807) is 24.3 Å². The zero-order valence-electron chi connectivity index (χ0n) is 16.4. The van der Waals surface area contributed by atoms with Crippen molar-refractivity contribution < 1.29 is 27.4 Å². The Labute approximate surface area is 176 Å². The molecule has 3 rings (SSSR count). The van der Waals surface area contributed by atoms with Crippen molar-refractivity contribution in [3.8, 4) is 17.0 Å². The molecule has 1 amide bonds. The molecule has 0 bridgehead atoms. The minimum absolute atomic E-state index is 0.0254. The van der Waals surface area contributed by atoms with E-state index in [0.29, 0.717) is 24.5 Å². The van der Waals surface area contributed by atoms with E-state index < -0.39 is 11.9 Å². The van der Waals surface area contributed by atoms with Gasteiger partial charge in [0.25, 0.3) is 0 Å². The number of amides is 1. The third-order valence-electron chi connectivity index (χ3n) is 4.49. The lowest BCUT2D eigenvalue weighted by Gasteiger charge is -2.12. The Balaban J connectivity index is 1.64. The van der Waals surface area contributed by atoms with Crippen molar-refractivity contribution >= 4 is 17.7 Å². The molecule has 1 saturated heterocycles. The van der Waals surface area contributed by atoms with E-state index in [-0.39, 0.29) is 35.0 Å². The van der Waals surface area contributed by atoms with E-state index >= 15 is 0 Å². The van der Waals surface area contributed by atoms with Gasteiger partial charge in [0.1, 0.15) is 11.4 Å². The molecular formula is C20H22F3N3O3S. The van der Waals surface area contributed by atoms with Crippen molar-refractivity contribution in [2.75, 3.05) is 26.0 Å². The summed E-state index contributed by atoms with van der Waals surface area (Å²) in [5.41, 5.74) is -0.348. The minimum Gasteiger partial charge on any atom is -0.497 e. The highest BCUT2D eigenvalue weighted by molar-refractivity contribution is 7.99. The molecule has 1 N–H and O–H groups in total. The van der Waals surface area contributed by atoms with Gasteiger partial charge in [-0.2, -0.15) is 13.2 Å². The summed E-state index contributed by atoms with van der Waals surface area (Å²) < 4.78 is 50.4. The average Bonchev–Trinajstić information content (AvgIpc) is 3.25. The fourth-order valence-corrected chi connectivity index (χ4v) is 3.70. The number of benzene rings is 1. The Morgan fingerprint density at radius 3 is 2.70 bits per heavy atom. The van der Waals surface area contributed by atoms with Gasteiger partial charge in [-0.05, 0) is 43.2 Å². The van der Waals surface area contributed by atoms with Gasteiger partial charge >= 0.3 is 6.18 Å². The van der Waals surface area contributed by atoms with E-state index in [0.717, 1.165) is 30.7 Å². The number of hydrogen-bond donors (Lipinski definition) is 1. The van der Waals surface area contributed by atoms with Gasteiger partial charge in [0, 0.05) is 30.9 Å². The predicted octanol–water partition coefficient (Wildman–Crippen LogP) is 3.95. The number of aromatic nitrogens is 2. The number of carbonyl (C=O) groups excluding carboxylic acids is 1. The van der Waals surface area contributed by atoms with Gasteiger partial charge in [0.2, 0.25) is 5.91 Å². The highest BCUT2D eigenvalue weighted by Gasteiger charge is 2.34. The largest absolute Gasteiger partial charge is 0.497 e. The average molecular weight is 441 g/mol. The van der Waals surface area contributed by atoms with Gasteiger partial charge in [-0.25, -0.2) is 9.97 Å². The summed E-state index contributed by atoms with van der Waals surface area (Å²) in [6.07, 6.45) is -2.51. The van der Waals surface area contributed by atoms with Crippen LogP contribution < -0.4 is 10.1 Å². The van der Waals surface area contributed by atoms with Crippen LogP contribution in [0.3, 0.4) is 0 Å². The number of hydrogen-bond acceptors (Lipinski definition) is 6. The van der Waals surface area contributed by atoms with Crippen molar-refractivity contribution in [1.29, 1.82) is 0 Å². The second-order valence-electron chi connectivity index (χ2n) is 6.68. The Bertz CT molecular complexity index is 857. The maximum absolute atomic E-state index is 13.3. The second-order valence-corrected chi connectivity index (χ2v) is 7.75. The molecule has 1 atom stereocenters. The van der Waals surface area contributed by atoms with Gasteiger partial charge in [-0.1, -0.05) is 11.8 Å². The number of ether oxygens (including phenoxy) is 2. The normalized spacial score (nSPS) is 16.5. The summed E-state index contributed by atoms with van der Waals surface area (Å²) in [5.74, 6) is 0.675. The van der Waals surface area contributed by atoms with E-state index in [1.165, 1.54) is 7.11 Å². The zero-order chi connectivity index (χ0) is 21.6. The van der Waals surface area contributed by atoms with Crippen LogP contribution in [-0.4, -0.2) is 48.0 Å². The minimum atomic E-state index is -4.60. The smallest absolute Gasteiger partial charge is 0.433 e. The zero-order valence-corrected chi connectivity index (χ0v) is 17.2. The lowest BCUT2D eigenvalue weighted by molar-refractivity contribution is -0.141. The lowest BCUT2D eigenvalue weighted by Crippen LogP contribution is -2.31. The van der Waals surface area contributed by atoms with Gasteiger partial charge in [-0.15, -0.1) is 0 Å². The summed E-state index contributed by atoms with van der Waals surface area (Å²) in [6, 6.07) is 7.48. The summed E-state index contributed by atoms with van der Waals surface area (Å²) in [5, 5.41) is 2.76.